The van der Waals surface area contributed by atoms with Crippen molar-refractivity contribution in [2.24, 2.45) is 0 Å². The van der Waals surface area contributed by atoms with E-state index in [-0.39, 0.29) is 0 Å². The summed E-state index contributed by atoms with van der Waals surface area (Å²) in [6.07, 6.45) is 6.26. The lowest BCUT2D eigenvalue weighted by Gasteiger charge is -2.21. The predicted octanol–water partition coefficient (Wildman–Crippen LogP) is 6.00. The first kappa shape index (κ1) is 18.5. The van der Waals surface area contributed by atoms with Crippen LogP contribution >= 0.6 is 0 Å². The Labute approximate surface area is 167 Å². The molecule has 4 nitrogen and oxygen atoms in total. The van der Waals surface area contributed by atoms with Gasteiger partial charge >= 0.3 is 0 Å². The largest absolute Gasteiger partial charge is 0.378 e. The van der Waals surface area contributed by atoms with Crippen LogP contribution in [0.3, 0.4) is 0 Å². The van der Waals surface area contributed by atoms with Gasteiger partial charge in [0.1, 0.15) is 11.6 Å². The van der Waals surface area contributed by atoms with E-state index in [1.54, 1.807) is 0 Å². The molecule has 1 aromatic heterocycles. The van der Waals surface area contributed by atoms with Gasteiger partial charge in [0, 0.05) is 43.0 Å². The average Bonchev–Trinajstić information content (AvgIpc) is 2.75. The Balaban J connectivity index is 1.66. The zero-order valence-corrected chi connectivity index (χ0v) is 16.7. The van der Waals surface area contributed by atoms with Crippen molar-refractivity contribution in [1.29, 1.82) is 0 Å². The molecule has 28 heavy (non-hydrogen) atoms. The highest BCUT2D eigenvalue weighted by molar-refractivity contribution is 5.66. The Morgan fingerprint density at radius 3 is 2.25 bits per heavy atom. The van der Waals surface area contributed by atoms with Crippen LogP contribution in [0.15, 0.2) is 60.7 Å². The lowest BCUT2D eigenvalue weighted by Crippen LogP contribution is -2.11. The van der Waals surface area contributed by atoms with Gasteiger partial charge in [0.2, 0.25) is 0 Å². The summed E-state index contributed by atoms with van der Waals surface area (Å²) < 4.78 is 0. The van der Waals surface area contributed by atoms with Gasteiger partial charge in [-0.05, 0) is 37.1 Å². The number of benzene rings is 2. The zero-order chi connectivity index (χ0) is 19.3. The number of hydrogen-bond acceptors (Lipinski definition) is 4. The second kappa shape index (κ2) is 8.42. The number of nitrogens with one attached hydrogen (secondary N) is 1. The Kier molecular flexibility index (Phi) is 5.56. The van der Waals surface area contributed by atoms with E-state index in [4.69, 9.17) is 9.97 Å². The molecule has 1 fully saturated rings. The van der Waals surface area contributed by atoms with Crippen molar-refractivity contribution in [1.82, 2.24) is 9.97 Å². The summed E-state index contributed by atoms with van der Waals surface area (Å²) in [5.74, 6) is 2.31. The number of nitrogens with zero attached hydrogens (tertiary/aromatic N) is 3. The Bertz CT molecular complexity index is 898. The Morgan fingerprint density at radius 2 is 1.57 bits per heavy atom. The van der Waals surface area contributed by atoms with Crippen molar-refractivity contribution in [2.45, 2.75) is 38.0 Å². The van der Waals surface area contributed by atoms with E-state index >= 15 is 0 Å². The molecule has 0 saturated heterocycles. The van der Waals surface area contributed by atoms with Gasteiger partial charge in [-0.15, -0.1) is 0 Å². The average molecular weight is 373 g/mol. The van der Waals surface area contributed by atoms with Gasteiger partial charge in [0.25, 0.3) is 0 Å². The maximum absolute atomic E-state index is 4.95. The summed E-state index contributed by atoms with van der Waals surface area (Å²) in [6, 6.07) is 20.9. The molecule has 1 aliphatic rings. The van der Waals surface area contributed by atoms with E-state index in [9.17, 15) is 0 Å². The molecule has 0 bridgehead atoms. The number of hydrogen-bond donors (Lipinski definition) is 1. The normalized spacial score (nSPS) is 14.6. The van der Waals surface area contributed by atoms with Gasteiger partial charge in [-0.2, -0.15) is 0 Å². The Morgan fingerprint density at radius 1 is 0.857 bits per heavy atom. The third kappa shape index (κ3) is 4.33. The van der Waals surface area contributed by atoms with Gasteiger partial charge in [0.15, 0.2) is 0 Å². The first-order chi connectivity index (χ1) is 13.7. The molecule has 0 unspecified atom stereocenters. The molecule has 1 heterocycles. The smallest absolute Gasteiger partial charge is 0.134 e. The summed E-state index contributed by atoms with van der Waals surface area (Å²) in [6.45, 7) is 0. The maximum atomic E-state index is 4.95. The van der Waals surface area contributed by atoms with Gasteiger partial charge in [-0.1, -0.05) is 49.6 Å². The lowest BCUT2D eigenvalue weighted by atomic mass is 9.88. The monoisotopic (exact) mass is 372 g/mol. The first-order valence-corrected chi connectivity index (χ1v) is 10.2. The molecule has 1 N–H and O–H groups in total. The standard InChI is InChI=1S/C24H28N4/c1-28(2)21-15-13-20(14-16-21)25-23-17-22(18-9-5-3-6-10-18)26-24(27-23)19-11-7-4-8-12-19/h3,5-6,9-10,13-17,19H,4,7-8,11-12H2,1-2H3,(H,25,26,27). The molecule has 4 rings (SSSR count). The summed E-state index contributed by atoms with van der Waals surface area (Å²) in [4.78, 5) is 12.0. The van der Waals surface area contributed by atoms with E-state index in [2.05, 4.69) is 78.9 Å². The second-order valence-corrected chi connectivity index (χ2v) is 7.76. The van der Waals surface area contributed by atoms with Crippen molar-refractivity contribution in [3.63, 3.8) is 0 Å². The van der Waals surface area contributed by atoms with Crippen LogP contribution in [0.5, 0.6) is 0 Å². The minimum Gasteiger partial charge on any atom is -0.378 e. The fourth-order valence-electron chi connectivity index (χ4n) is 3.82. The topological polar surface area (TPSA) is 41.0 Å². The highest BCUT2D eigenvalue weighted by Gasteiger charge is 2.20. The molecular formula is C24H28N4. The minimum absolute atomic E-state index is 0.467. The van der Waals surface area contributed by atoms with Crippen molar-refractivity contribution in [3.8, 4) is 11.3 Å². The third-order valence-electron chi connectivity index (χ3n) is 5.44. The summed E-state index contributed by atoms with van der Waals surface area (Å²) in [7, 11) is 4.10. The predicted molar refractivity (Wildman–Crippen MR) is 117 cm³/mol. The molecule has 0 aliphatic heterocycles. The molecule has 0 spiro atoms. The summed E-state index contributed by atoms with van der Waals surface area (Å²) >= 11 is 0. The molecule has 0 atom stereocenters. The van der Waals surface area contributed by atoms with Crippen LogP contribution < -0.4 is 10.2 Å². The molecule has 1 saturated carbocycles. The van der Waals surface area contributed by atoms with E-state index in [0.717, 1.165) is 28.6 Å². The highest BCUT2D eigenvalue weighted by Crippen LogP contribution is 2.33. The van der Waals surface area contributed by atoms with Gasteiger partial charge in [0.05, 0.1) is 5.69 Å². The van der Waals surface area contributed by atoms with Crippen LogP contribution in [0.1, 0.15) is 43.8 Å². The van der Waals surface area contributed by atoms with Crippen LogP contribution in [0.4, 0.5) is 17.2 Å². The van der Waals surface area contributed by atoms with Crippen molar-refractivity contribution in [3.05, 3.63) is 66.5 Å². The molecule has 144 valence electrons. The van der Waals surface area contributed by atoms with Crippen LogP contribution in [-0.2, 0) is 0 Å². The molecular weight excluding hydrogens is 344 g/mol. The Hall–Kier alpha value is -2.88. The molecule has 1 aliphatic carbocycles. The molecule has 0 amide bonds. The number of aromatic nitrogens is 2. The van der Waals surface area contributed by atoms with Crippen molar-refractivity contribution < 1.29 is 0 Å². The van der Waals surface area contributed by atoms with E-state index < -0.39 is 0 Å². The van der Waals surface area contributed by atoms with Crippen LogP contribution in [0.25, 0.3) is 11.3 Å². The molecule has 2 aromatic carbocycles. The van der Waals surface area contributed by atoms with Crippen LogP contribution in [0.2, 0.25) is 0 Å². The fraction of sp³-hybridized carbons (Fsp3) is 0.333. The van der Waals surface area contributed by atoms with E-state index in [1.165, 1.54) is 37.8 Å². The van der Waals surface area contributed by atoms with Crippen LogP contribution in [-0.4, -0.2) is 24.1 Å². The first-order valence-electron chi connectivity index (χ1n) is 10.2. The number of anilines is 3. The number of rotatable bonds is 5. The second-order valence-electron chi connectivity index (χ2n) is 7.76. The van der Waals surface area contributed by atoms with Crippen LogP contribution in [0, 0.1) is 0 Å². The molecule has 3 aromatic rings. The van der Waals surface area contributed by atoms with Gasteiger partial charge < -0.3 is 10.2 Å². The molecule has 0 radical (unpaired) electrons. The van der Waals surface area contributed by atoms with Crippen molar-refractivity contribution >= 4 is 17.2 Å². The quantitative estimate of drug-likeness (QED) is 0.596. The SMILES string of the molecule is CN(C)c1ccc(Nc2cc(-c3ccccc3)nc(C3CCCCC3)n2)cc1. The third-order valence-corrected chi connectivity index (χ3v) is 5.44. The minimum atomic E-state index is 0.467. The fourth-order valence-corrected chi connectivity index (χ4v) is 3.82. The van der Waals surface area contributed by atoms with Crippen molar-refractivity contribution in [2.75, 3.05) is 24.3 Å². The molecule has 4 heteroatoms. The van der Waals surface area contributed by atoms with Gasteiger partial charge in [-0.25, -0.2) is 9.97 Å². The summed E-state index contributed by atoms with van der Waals surface area (Å²) in [5.41, 5.74) is 4.34. The highest BCUT2D eigenvalue weighted by atomic mass is 15.1. The maximum Gasteiger partial charge on any atom is 0.134 e. The summed E-state index contributed by atoms with van der Waals surface area (Å²) in [5, 5.41) is 3.49. The van der Waals surface area contributed by atoms with E-state index in [1.807, 2.05) is 6.07 Å². The van der Waals surface area contributed by atoms with E-state index in [0.29, 0.717) is 5.92 Å². The van der Waals surface area contributed by atoms with Gasteiger partial charge in [-0.3, -0.25) is 0 Å². The zero-order valence-electron chi connectivity index (χ0n) is 16.7. The lowest BCUT2D eigenvalue weighted by molar-refractivity contribution is 0.429.